The van der Waals surface area contributed by atoms with Crippen LogP contribution in [0, 0.1) is 23.7 Å². The number of rotatable bonds is 67. The van der Waals surface area contributed by atoms with E-state index < -0.39 is 127 Å². The highest BCUT2D eigenvalue weighted by Crippen LogP contribution is 2.52. The van der Waals surface area contributed by atoms with Crippen LogP contribution >= 0.6 is 0 Å². The van der Waals surface area contributed by atoms with Crippen molar-refractivity contribution < 1.29 is 66.4 Å². The summed E-state index contributed by atoms with van der Waals surface area (Å²) >= 11 is 0. The highest BCUT2D eigenvalue weighted by molar-refractivity contribution is 6.84. The molecular weight excluding hydrogens is 1780 g/mol. The van der Waals surface area contributed by atoms with E-state index >= 15 is 0 Å². The lowest BCUT2D eigenvalue weighted by Crippen LogP contribution is -2.48. The Morgan fingerprint density at radius 1 is 0.285 bits per heavy atom. The Balaban J connectivity index is 0. The van der Waals surface area contributed by atoms with Crippen LogP contribution in [-0.2, 0) is 66.4 Å². The van der Waals surface area contributed by atoms with Crippen LogP contribution < -0.4 is 5.19 Å². The first-order valence-electron chi connectivity index (χ1n) is 50.2. The Hall–Kier alpha value is 1.87. The number of hydrogen-bond donors (Lipinski definition) is 0. The van der Waals surface area contributed by atoms with Crippen LogP contribution in [0.25, 0.3) is 0 Å². The van der Waals surface area contributed by atoms with Crippen molar-refractivity contribution in [1.29, 1.82) is 0 Å². The molecule has 0 amide bonds. The van der Waals surface area contributed by atoms with E-state index in [-0.39, 0.29) is 6.48 Å². The average Bonchev–Trinajstić information content (AvgIpc) is 1.79. The second kappa shape index (κ2) is 64.1. The highest BCUT2D eigenvalue weighted by Gasteiger charge is 2.47. The van der Waals surface area contributed by atoms with Crippen LogP contribution in [0.3, 0.4) is 0 Å². The summed E-state index contributed by atoms with van der Waals surface area (Å²) in [6.07, 6.45) is 21.0. The topological polar surface area (TPSA) is 138 Å². The van der Waals surface area contributed by atoms with Crippen molar-refractivity contribution in [3.63, 3.8) is 0 Å². The molecule has 1 aromatic carbocycles. The van der Waals surface area contributed by atoms with Gasteiger partial charge in [0, 0.05) is 85.2 Å². The van der Waals surface area contributed by atoms with E-state index in [2.05, 4.69) is 310 Å². The molecule has 123 heavy (non-hydrogen) atoms. The van der Waals surface area contributed by atoms with E-state index in [0.717, 1.165) is 141 Å². The van der Waals surface area contributed by atoms with Crippen molar-refractivity contribution in [2.45, 2.75) is 459 Å². The number of unbranched alkanes of at least 4 members (excludes halogenated alkanes) is 1. The first kappa shape index (κ1) is 127. The van der Waals surface area contributed by atoms with Gasteiger partial charge in [-0.25, -0.2) is 0 Å². The third kappa shape index (κ3) is 69.4. The predicted molar refractivity (Wildman–Crippen MR) is 579 cm³/mol. The Morgan fingerprint density at radius 2 is 0.545 bits per heavy atom. The largest absolute Gasteiger partial charge is 0.418 e. The predicted octanol–water partition coefficient (Wildman–Crippen LogP) is 29.0. The fourth-order valence-electron chi connectivity index (χ4n) is 15.5. The number of benzene rings is 1. The molecule has 3 rings (SSSR count). The molecule has 0 saturated heterocycles. The van der Waals surface area contributed by atoms with Crippen LogP contribution in [0.2, 0.25) is 260 Å². The molecule has 2 fully saturated rings. The maximum absolute atomic E-state index is 6.83. The molecule has 2 atom stereocenters. The van der Waals surface area contributed by atoms with Gasteiger partial charge in [0.25, 0.3) is 0 Å². The maximum atomic E-state index is 6.83. The smallest absolute Gasteiger partial charge is 0.242 e. The van der Waals surface area contributed by atoms with Crippen LogP contribution in [0.5, 0.6) is 0 Å². The Kier molecular flexibility index (Phi) is 66.1. The summed E-state index contributed by atoms with van der Waals surface area (Å²) in [6.45, 7) is 106. The lowest BCUT2D eigenvalue weighted by molar-refractivity contribution is -0.149. The monoisotopic (exact) mass is 1990 g/mol. The molecular formula is C93H214O15Si15. The summed E-state index contributed by atoms with van der Waals surface area (Å²) in [6, 6.07) is 18.2. The zero-order chi connectivity index (χ0) is 95.0. The van der Waals surface area contributed by atoms with Gasteiger partial charge >= 0.3 is 0 Å². The van der Waals surface area contributed by atoms with Gasteiger partial charge < -0.3 is 66.4 Å². The van der Waals surface area contributed by atoms with Gasteiger partial charge in [-0.1, -0.05) is 152 Å². The van der Waals surface area contributed by atoms with Crippen molar-refractivity contribution in [1.82, 2.24) is 0 Å². The molecule has 0 N–H and O–H groups in total. The van der Waals surface area contributed by atoms with Gasteiger partial charge in [0.2, 0.25) is 14.8 Å². The van der Waals surface area contributed by atoms with Gasteiger partial charge in [0.1, 0.15) is 0 Å². The molecule has 2 saturated carbocycles. The van der Waals surface area contributed by atoms with Crippen molar-refractivity contribution >= 4 is 132 Å². The quantitative estimate of drug-likeness (QED) is 0.0347. The summed E-state index contributed by atoms with van der Waals surface area (Å²) in [5.74, 6) is 2.43. The SMILES string of the molecule is CC(C)[Si](OCCC(CCCO[Si](C)(C)C)CCO[Si](C)(C)C)(C(C)C)C(C)C.CC[Si](CC)(CC)OCCC(CCO[Si](C)(C)C)CCO[Si](CC)(CC)CC.C[SiH](C)OC(O[SiH](C)C)O[SiH](C1CC1)C1CC1.C[Si](C)(C)OCC(CO[Si](C)(C)C)CO[Si](C)(C)C.C[Si](C)(C)OCCCCC(CCCO[Si](C)(C)c1ccccc1)CCO[Si](C)(C)C. The standard InChI is InChI=1S/C24H48O3Si3.C23H54O3Si3.C22H52O3Si3.C13H34O3Si3.C11H26O3Si3/c1-28(2,3)25-20-13-12-15-23(19-22-26-29(4,5)6)16-14-21-27-30(7,8)24-17-10-9-11-18-24;1-20(2)29(21(3)4,22(5)6)26-19-16-23(15-18-25-28(10,11)12)14-13-17-24-27(7,8)9;1-10-27(11-2,12-3)24-20-17-22(16-19-23-26(7,8)9)18-21-25-28(13-4,14-5)15-6;1-17(2,3)14-10-13(11-15-18(4,5)6)12-16-19(7,8)9;1-15(2)12-11(13-16(3)4)14-17(9-5-6-9)10-7-8-10/h9-11,17-18,23H,12-16,19-22H2,1-8H3;20-23H,13-19H2,1-12H3;22H,10-21H2,1-9H3;13H,10-12H2,1-9H3;9-11,15-17H,5-8H2,1-4H3. The molecule has 0 spiro atoms. The minimum Gasteiger partial charge on any atom is -0.418 e. The molecule has 0 aromatic heterocycles. The molecule has 0 heterocycles. The molecule has 30 heteroatoms. The molecule has 15 nitrogen and oxygen atoms in total. The normalized spacial score (nSPS) is 15.2. The van der Waals surface area contributed by atoms with Crippen molar-refractivity contribution in [2.75, 3.05) is 79.3 Å². The van der Waals surface area contributed by atoms with E-state index in [4.69, 9.17) is 66.4 Å². The summed E-state index contributed by atoms with van der Waals surface area (Å²) in [4.78, 5) is 0. The average molecular weight is 1990 g/mol. The zero-order valence-electron chi connectivity index (χ0n) is 89.8. The molecule has 0 aliphatic heterocycles. The Labute approximate surface area is 784 Å². The first-order valence-corrected chi connectivity index (χ1v) is 94.9. The van der Waals surface area contributed by atoms with Gasteiger partial charge in [-0.05, 0) is 354 Å². The van der Waals surface area contributed by atoms with Gasteiger partial charge in [-0.2, -0.15) is 0 Å². The Morgan fingerprint density at radius 3 is 0.829 bits per heavy atom. The molecule has 1 aromatic rings. The molecule has 2 aliphatic rings. The molecule has 2 aliphatic carbocycles. The summed E-state index contributed by atoms with van der Waals surface area (Å²) in [5, 5.41) is 1.38. The lowest BCUT2D eigenvalue weighted by atomic mass is 9.94. The van der Waals surface area contributed by atoms with Crippen molar-refractivity contribution in [3.8, 4) is 0 Å². The first-order chi connectivity index (χ1) is 56.5. The maximum Gasteiger partial charge on any atom is 0.242 e. The second-order valence-electron chi connectivity index (χ2n) is 46.1. The summed E-state index contributed by atoms with van der Waals surface area (Å²) < 4.78 is 93.1. The molecule has 2 unspecified atom stereocenters. The van der Waals surface area contributed by atoms with Gasteiger partial charge in [-0.3, -0.25) is 0 Å². The Bertz CT molecular complexity index is 2550. The van der Waals surface area contributed by atoms with Gasteiger partial charge in [0.05, 0.1) is 0 Å². The van der Waals surface area contributed by atoms with Crippen LogP contribution in [0.15, 0.2) is 30.3 Å². The zero-order valence-corrected chi connectivity index (χ0v) is 105. The van der Waals surface area contributed by atoms with E-state index in [1.165, 1.54) is 106 Å². The van der Waals surface area contributed by atoms with Crippen molar-refractivity contribution in [3.05, 3.63) is 30.3 Å². The summed E-state index contributed by atoms with van der Waals surface area (Å²) in [7, 11) is -21.1. The third-order valence-electron chi connectivity index (χ3n) is 23.5. The minimum absolute atomic E-state index is 0.300. The van der Waals surface area contributed by atoms with E-state index in [0.29, 0.717) is 34.4 Å². The van der Waals surface area contributed by atoms with Crippen molar-refractivity contribution in [2.24, 2.45) is 23.7 Å². The van der Waals surface area contributed by atoms with Crippen LogP contribution in [0.4, 0.5) is 0 Å². The van der Waals surface area contributed by atoms with E-state index in [1.54, 1.807) is 0 Å². The third-order valence-corrected chi connectivity index (χ3v) is 55.3. The van der Waals surface area contributed by atoms with Gasteiger partial charge in [-0.15, -0.1) is 0 Å². The van der Waals surface area contributed by atoms with E-state index in [1.807, 2.05) is 0 Å². The molecule has 736 valence electrons. The highest BCUT2D eigenvalue weighted by atomic mass is 28.4. The van der Waals surface area contributed by atoms with Gasteiger partial charge in [0.15, 0.2) is 119 Å². The van der Waals surface area contributed by atoms with Crippen LogP contribution in [0.1, 0.15) is 192 Å². The van der Waals surface area contributed by atoms with E-state index in [9.17, 15) is 0 Å². The molecule has 0 bridgehead atoms. The fourth-order valence-corrected chi connectivity index (χ4v) is 38.8. The number of hydrogen-bond acceptors (Lipinski definition) is 15. The van der Waals surface area contributed by atoms with Crippen LogP contribution in [-0.4, -0.2) is 213 Å². The fraction of sp³-hybridized carbons (Fsp3) is 0.935. The lowest BCUT2D eigenvalue weighted by Gasteiger charge is -2.42. The molecule has 0 radical (unpaired) electrons. The minimum atomic E-state index is -1.79. The summed E-state index contributed by atoms with van der Waals surface area (Å²) in [5.41, 5.74) is 3.82. The second-order valence-corrected chi connectivity index (χ2v) is 109.